The number of rotatable bonds is 5. The van der Waals surface area contributed by atoms with E-state index in [0.717, 1.165) is 11.8 Å². The first-order valence-corrected chi connectivity index (χ1v) is 6.30. The summed E-state index contributed by atoms with van der Waals surface area (Å²) in [6, 6.07) is 0.652. The van der Waals surface area contributed by atoms with Crippen LogP contribution < -0.4 is 5.32 Å². The molecule has 1 fully saturated rings. The molecular weight excluding hydrogens is 182 g/mol. The van der Waals surface area contributed by atoms with Crippen LogP contribution >= 0.6 is 11.8 Å². The summed E-state index contributed by atoms with van der Waals surface area (Å²) in [5.74, 6) is 1.23. The second-order valence-corrected chi connectivity index (χ2v) is 5.42. The van der Waals surface area contributed by atoms with Gasteiger partial charge in [-0.05, 0) is 31.9 Å². The summed E-state index contributed by atoms with van der Waals surface area (Å²) < 4.78 is 0. The Hall–Kier alpha value is 0.270. The van der Waals surface area contributed by atoms with E-state index in [-0.39, 0.29) is 6.10 Å². The number of hydrogen-bond acceptors (Lipinski definition) is 3. The molecule has 0 bridgehead atoms. The van der Waals surface area contributed by atoms with E-state index in [4.69, 9.17) is 5.11 Å². The summed E-state index contributed by atoms with van der Waals surface area (Å²) in [6.45, 7) is 4.80. The second-order valence-electron chi connectivity index (χ2n) is 3.84. The van der Waals surface area contributed by atoms with Crippen molar-refractivity contribution in [3.63, 3.8) is 0 Å². The Labute approximate surface area is 85.5 Å². The van der Waals surface area contributed by atoms with Gasteiger partial charge >= 0.3 is 0 Å². The molecule has 0 radical (unpaired) electrons. The summed E-state index contributed by atoms with van der Waals surface area (Å²) in [6.07, 6.45) is 3.70. The Morgan fingerprint density at radius 2 is 2.31 bits per heavy atom. The highest BCUT2D eigenvalue weighted by Crippen LogP contribution is 2.29. The van der Waals surface area contributed by atoms with E-state index in [2.05, 4.69) is 24.0 Å². The zero-order valence-electron chi connectivity index (χ0n) is 8.62. The molecule has 0 aliphatic heterocycles. The maximum absolute atomic E-state index is 9.11. The van der Waals surface area contributed by atoms with Crippen molar-refractivity contribution in [1.29, 1.82) is 0 Å². The van der Waals surface area contributed by atoms with Gasteiger partial charge in [-0.3, -0.25) is 0 Å². The molecule has 1 aliphatic rings. The van der Waals surface area contributed by atoms with E-state index in [1.807, 2.05) is 6.92 Å². The number of aliphatic hydroxyl groups is 1. The molecule has 2 unspecified atom stereocenters. The van der Waals surface area contributed by atoms with E-state index in [1.165, 1.54) is 25.0 Å². The predicted molar refractivity (Wildman–Crippen MR) is 59.2 cm³/mol. The number of nitrogens with one attached hydrogen (secondary N) is 1. The zero-order valence-corrected chi connectivity index (χ0v) is 9.44. The normalized spacial score (nSPS) is 30.7. The number of aliphatic hydroxyl groups excluding tert-OH is 1. The maximum Gasteiger partial charge on any atom is 0.0636 e. The molecule has 0 saturated heterocycles. The van der Waals surface area contributed by atoms with Gasteiger partial charge in [-0.25, -0.2) is 0 Å². The van der Waals surface area contributed by atoms with Gasteiger partial charge in [-0.1, -0.05) is 6.92 Å². The minimum atomic E-state index is -0.210. The highest BCUT2D eigenvalue weighted by Gasteiger charge is 2.23. The van der Waals surface area contributed by atoms with E-state index in [1.54, 1.807) is 0 Å². The minimum Gasteiger partial charge on any atom is -0.392 e. The van der Waals surface area contributed by atoms with Gasteiger partial charge in [-0.2, -0.15) is 11.8 Å². The van der Waals surface area contributed by atoms with Crippen LogP contribution in [0.15, 0.2) is 0 Å². The first-order valence-electron chi connectivity index (χ1n) is 5.25. The molecule has 1 aliphatic carbocycles. The lowest BCUT2D eigenvalue weighted by molar-refractivity contribution is 0.186. The van der Waals surface area contributed by atoms with Crippen molar-refractivity contribution in [3.8, 4) is 0 Å². The molecule has 3 atom stereocenters. The fourth-order valence-corrected chi connectivity index (χ4v) is 2.99. The van der Waals surface area contributed by atoms with Crippen LogP contribution in [-0.4, -0.2) is 34.8 Å². The topological polar surface area (TPSA) is 32.3 Å². The summed E-state index contributed by atoms with van der Waals surface area (Å²) in [7, 11) is 0. The smallest absolute Gasteiger partial charge is 0.0636 e. The van der Waals surface area contributed by atoms with Crippen LogP contribution in [0.1, 0.15) is 33.1 Å². The molecule has 0 amide bonds. The average Bonchev–Trinajstić information content (AvgIpc) is 2.50. The van der Waals surface area contributed by atoms with Crippen LogP contribution in [0.5, 0.6) is 0 Å². The van der Waals surface area contributed by atoms with Gasteiger partial charge in [0.1, 0.15) is 0 Å². The average molecular weight is 203 g/mol. The zero-order chi connectivity index (χ0) is 9.68. The van der Waals surface area contributed by atoms with E-state index >= 15 is 0 Å². The first kappa shape index (κ1) is 11.3. The van der Waals surface area contributed by atoms with E-state index in [0.29, 0.717) is 6.04 Å². The molecule has 0 aromatic heterocycles. The molecule has 0 spiro atoms. The molecule has 0 aromatic carbocycles. The van der Waals surface area contributed by atoms with Crippen molar-refractivity contribution < 1.29 is 5.11 Å². The van der Waals surface area contributed by atoms with E-state index in [9.17, 15) is 0 Å². The molecule has 1 saturated carbocycles. The van der Waals surface area contributed by atoms with Crippen molar-refractivity contribution in [3.05, 3.63) is 0 Å². The summed E-state index contributed by atoms with van der Waals surface area (Å²) in [4.78, 5) is 0. The summed E-state index contributed by atoms with van der Waals surface area (Å²) >= 11 is 2.07. The van der Waals surface area contributed by atoms with Gasteiger partial charge < -0.3 is 10.4 Å². The molecule has 0 aromatic rings. The minimum absolute atomic E-state index is 0.210. The molecule has 1 rings (SSSR count). The third kappa shape index (κ3) is 4.34. The van der Waals surface area contributed by atoms with Gasteiger partial charge in [0, 0.05) is 17.8 Å². The highest BCUT2D eigenvalue weighted by atomic mass is 32.2. The Kier molecular flexibility index (Phi) is 5.14. The van der Waals surface area contributed by atoms with Crippen LogP contribution in [0, 0.1) is 0 Å². The molecule has 13 heavy (non-hydrogen) atoms. The molecule has 3 heteroatoms. The fraction of sp³-hybridized carbons (Fsp3) is 1.00. The first-order chi connectivity index (χ1) is 6.22. The Balaban J connectivity index is 2.10. The predicted octanol–water partition coefficient (Wildman–Crippen LogP) is 1.63. The van der Waals surface area contributed by atoms with Gasteiger partial charge in [-0.15, -0.1) is 0 Å². The van der Waals surface area contributed by atoms with Crippen molar-refractivity contribution in [2.45, 2.75) is 50.5 Å². The third-order valence-corrected chi connectivity index (χ3v) is 3.72. The lowest BCUT2D eigenvalue weighted by Crippen LogP contribution is -2.32. The second kappa shape index (κ2) is 5.89. The van der Waals surface area contributed by atoms with Gasteiger partial charge in [0.2, 0.25) is 0 Å². The molecule has 2 N–H and O–H groups in total. The lowest BCUT2D eigenvalue weighted by Gasteiger charge is -2.14. The van der Waals surface area contributed by atoms with Crippen LogP contribution in [-0.2, 0) is 0 Å². The quantitative estimate of drug-likeness (QED) is 0.712. The number of hydrogen-bond donors (Lipinski definition) is 2. The van der Waals surface area contributed by atoms with Crippen LogP contribution in [0.25, 0.3) is 0 Å². The third-order valence-electron chi connectivity index (χ3n) is 2.49. The van der Waals surface area contributed by atoms with Crippen LogP contribution in [0.2, 0.25) is 0 Å². The monoisotopic (exact) mass is 203 g/mol. The van der Waals surface area contributed by atoms with Crippen molar-refractivity contribution in [1.82, 2.24) is 5.32 Å². The summed E-state index contributed by atoms with van der Waals surface area (Å²) in [5.41, 5.74) is 0. The lowest BCUT2D eigenvalue weighted by atomic mass is 10.2. The van der Waals surface area contributed by atoms with Crippen molar-refractivity contribution >= 4 is 11.8 Å². The maximum atomic E-state index is 9.11. The largest absolute Gasteiger partial charge is 0.392 e. The Morgan fingerprint density at radius 3 is 2.92 bits per heavy atom. The SMILES string of the molecule is CCSC1CCC(NC[C@@H](C)O)C1. The number of thioether (sulfide) groups is 1. The fourth-order valence-electron chi connectivity index (χ4n) is 1.85. The Bertz CT molecular complexity index is 141. The standard InChI is InChI=1S/C10H21NOS/c1-3-13-10-5-4-9(6-10)11-7-8(2)12/h8-12H,3-7H2,1-2H3/t8-,9?,10?/m1/s1. The van der Waals surface area contributed by atoms with Crippen LogP contribution in [0.3, 0.4) is 0 Å². The van der Waals surface area contributed by atoms with E-state index < -0.39 is 0 Å². The van der Waals surface area contributed by atoms with Gasteiger partial charge in [0.15, 0.2) is 0 Å². The molecular formula is C10H21NOS. The van der Waals surface area contributed by atoms with Crippen molar-refractivity contribution in [2.24, 2.45) is 0 Å². The van der Waals surface area contributed by atoms with Gasteiger partial charge in [0.25, 0.3) is 0 Å². The summed E-state index contributed by atoms with van der Waals surface area (Å²) in [5, 5.41) is 13.4. The van der Waals surface area contributed by atoms with Crippen LogP contribution in [0.4, 0.5) is 0 Å². The molecule has 78 valence electrons. The molecule has 2 nitrogen and oxygen atoms in total. The molecule has 0 heterocycles. The highest BCUT2D eigenvalue weighted by molar-refractivity contribution is 7.99. The Morgan fingerprint density at radius 1 is 1.54 bits per heavy atom. The van der Waals surface area contributed by atoms with Gasteiger partial charge in [0.05, 0.1) is 6.10 Å². The van der Waals surface area contributed by atoms with Crippen molar-refractivity contribution in [2.75, 3.05) is 12.3 Å².